The van der Waals surface area contributed by atoms with Crippen LogP contribution in [0.2, 0.25) is 0 Å². The van der Waals surface area contributed by atoms with Crippen LogP contribution in [0, 0.1) is 5.41 Å². The number of hydrogen-bond acceptors (Lipinski definition) is 2. The van der Waals surface area contributed by atoms with Crippen LogP contribution in [0.25, 0.3) is 22.2 Å². The van der Waals surface area contributed by atoms with Gasteiger partial charge in [0.05, 0.1) is 18.2 Å². The summed E-state index contributed by atoms with van der Waals surface area (Å²) in [6.07, 6.45) is 2.92. The van der Waals surface area contributed by atoms with Crippen molar-refractivity contribution in [3.8, 4) is 11.3 Å². The summed E-state index contributed by atoms with van der Waals surface area (Å²) >= 11 is 3.86. The van der Waals surface area contributed by atoms with Gasteiger partial charge in [-0.2, -0.15) is 0 Å². The molecule has 2 aromatic carbocycles. The lowest BCUT2D eigenvalue weighted by molar-refractivity contribution is -0.157. The van der Waals surface area contributed by atoms with E-state index in [0.717, 1.165) is 29.3 Å². The Bertz CT molecular complexity index is 1210. The number of hydrogen-bond donors (Lipinski definition) is 1. The number of carbonyl (C=O) groups is 1. The summed E-state index contributed by atoms with van der Waals surface area (Å²) in [4.78, 5) is 17.0. The Labute approximate surface area is 192 Å². The molecule has 2 aliphatic rings. The quantitative estimate of drug-likeness (QED) is 0.388. The molecule has 1 aromatic heterocycles. The van der Waals surface area contributed by atoms with E-state index in [2.05, 4.69) is 85.0 Å². The second kappa shape index (κ2) is 6.96. The molecule has 3 aromatic rings. The zero-order valence-corrected chi connectivity index (χ0v) is 20.5. The Balaban J connectivity index is 1.91. The second-order valence-corrected chi connectivity index (χ2v) is 11.0. The van der Waals surface area contributed by atoms with Crippen LogP contribution in [0.4, 0.5) is 0 Å². The van der Waals surface area contributed by atoms with Gasteiger partial charge in [0, 0.05) is 32.3 Å². The molecule has 1 heterocycles. The van der Waals surface area contributed by atoms with Crippen molar-refractivity contribution in [3.05, 3.63) is 57.6 Å². The smallest absolute Gasteiger partial charge is 0.312 e. The van der Waals surface area contributed by atoms with Crippen molar-refractivity contribution in [1.82, 2.24) is 4.98 Å². The van der Waals surface area contributed by atoms with E-state index in [1.807, 2.05) is 0 Å². The largest absolute Gasteiger partial charge is 0.469 e. The highest BCUT2D eigenvalue weighted by atomic mass is 79.9. The van der Waals surface area contributed by atoms with Crippen LogP contribution in [0.3, 0.4) is 0 Å². The minimum atomic E-state index is -0.567. The number of aromatic nitrogens is 1. The minimum Gasteiger partial charge on any atom is -0.469 e. The predicted molar refractivity (Wildman–Crippen MR) is 130 cm³/mol. The molecule has 162 valence electrons. The molecule has 5 rings (SSSR count). The van der Waals surface area contributed by atoms with Crippen LogP contribution in [0.15, 0.2) is 40.9 Å². The summed E-state index contributed by atoms with van der Waals surface area (Å²) < 4.78 is 6.55. The molecule has 3 atom stereocenters. The number of nitrogens with one attached hydrogen (secondary N) is 1. The third-order valence-electron chi connectivity index (χ3n) is 8.00. The van der Waals surface area contributed by atoms with Gasteiger partial charge in [0.25, 0.3) is 0 Å². The number of carbonyl (C=O) groups excluding carboxylic acids is 1. The van der Waals surface area contributed by atoms with E-state index in [4.69, 9.17) is 4.74 Å². The summed E-state index contributed by atoms with van der Waals surface area (Å²) in [5.74, 6) is 0.377. The minimum absolute atomic E-state index is 0.0525. The lowest BCUT2D eigenvalue weighted by atomic mass is 9.49. The molecule has 1 fully saturated rings. The molecule has 0 spiro atoms. The Morgan fingerprint density at radius 1 is 1.19 bits per heavy atom. The molecule has 3 nitrogen and oxygen atoms in total. The molecule has 2 aliphatic carbocycles. The van der Waals surface area contributed by atoms with Crippen molar-refractivity contribution in [1.29, 1.82) is 0 Å². The van der Waals surface area contributed by atoms with Crippen LogP contribution < -0.4 is 0 Å². The molecule has 0 bridgehead atoms. The van der Waals surface area contributed by atoms with Gasteiger partial charge in [0.2, 0.25) is 0 Å². The number of rotatable bonds is 2. The number of methoxy groups -OCH3 is 1. The fourth-order valence-corrected chi connectivity index (χ4v) is 7.38. The molecule has 1 saturated carbocycles. The third kappa shape index (κ3) is 2.73. The van der Waals surface area contributed by atoms with E-state index in [0.29, 0.717) is 5.92 Å². The summed E-state index contributed by atoms with van der Waals surface area (Å²) in [6.45, 7) is 8.96. The van der Waals surface area contributed by atoms with Gasteiger partial charge >= 0.3 is 5.97 Å². The van der Waals surface area contributed by atoms with E-state index in [1.165, 1.54) is 40.4 Å². The zero-order chi connectivity index (χ0) is 22.1. The van der Waals surface area contributed by atoms with E-state index in [9.17, 15) is 4.79 Å². The number of ether oxygens (including phenoxy) is 1. The maximum Gasteiger partial charge on any atom is 0.312 e. The van der Waals surface area contributed by atoms with E-state index < -0.39 is 5.41 Å². The molecule has 0 aliphatic heterocycles. The Kier molecular flexibility index (Phi) is 4.68. The normalized spacial score (nSPS) is 27.0. The summed E-state index contributed by atoms with van der Waals surface area (Å²) in [5.41, 5.74) is 6.81. The molecule has 4 heteroatoms. The number of halogens is 1. The third-order valence-corrected chi connectivity index (χ3v) is 8.68. The van der Waals surface area contributed by atoms with E-state index in [-0.39, 0.29) is 17.3 Å². The van der Waals surface area contributed by atoms with Crippen molar-refractivity contribution in [2.24, 2.45) is 5.41 Å². The predicted octanol–water partition coefficient (Wildman–Crippen LogP) is 7.44. The Hall–Kier alpha value is -2.07. The van der Waals surface area contributed by atoms with Crippen LogP contribution in [-0.4, -0.2) is 18.1 Å². The first-order valence-corrected chi connectivity index (χ1v) is 12.0. The SMILES string of the molecule is COC(=O)[C@]1(C)CCC[C@]2(C)c3cc(Br)c(C(C)C)cc3-c3[nH]c4ccccc4c3[C@H]12. The van der Waals surface area contributed by atoms with Crippen molar-refractivity contribution in [2.45, 2.75) is 64.2 Å². The summed E-state index contributed by atoms with van der Waals surface area (Å²) in [6, 6.07) is 13.2. The highest BCUT2D eigenvalue weighted by molar-refractivity contribution is 9.10. The summed E-state index contributed by atoms with van der Waals surface area (Å²) in [5, 5.41) is 1.23. The topological polar surface area (TPSA) is 42.1 Å². The van der Waals surface area contributed by atoms with Crippen LogP contribution in [0.1, 0.15) is 75.5 Å². The van der Waals surface area contributed by atoms with Crippen LogP contribution >= 0.6 is 15.9 Å². The lowest BCUT2D eigenvalue weighted by Crippen LogP contribution is -2.50. The molecule has 0 radical (unpaired) electrons. The lowest BCUT2D eigenvalue weighted by Gasteiger charge is -2.54. The second-order valence-electron chi connectivity index (χ2n) is 10.1. The van der Waals surface area contributed by atoms with Gasteiger partial charge < -0.3 is 9.72 Å². The van der Waals surface area contributed by atoms with Gasteiger partial charge in [-0.25, -0.2) is 0 Å². The number of fused-ring (bicyclic) bond motifs is 8. The highest BCUT2D eigenvalue weighted by Gasteiger charge is 2.58. The first-order valence-electron chi connectivity index (χ1n) is 11.3. The molecule has 1 N–H and O–H groups in total. The average Bonchev–Trinajstić information content (AvgIpc) is 3.12. The van der Waals surface area contributed by atoms with Crippen molar-refractivity contribution in [3.63, 3.8) is 0 Å². The molecule has 31 heavy (non-hydrogen) atoms. The molecule has 0 amide bonds. The van der Waals surface area contributed by atoms with Crippen molar-refractivity contribution < 1.29 is 9.53 Å². The molecule has 0 saturated heterocycles. The summed E-state index contributed by atoms with van der Waals surface area (Å²) in [7, 11) is 1.53. The Morgan fingerprint density at radius 2 is 1.94 bits per heavy atom. The van der Waals surface area contributed by atoms with Gasteiger partial charge in [0.1, 0.15) is 0 Å². The maximum atomic E-state index is 13.2. The molecule has 0 unspecified atom stereocenters. The highest BCUT2D eigenvalue weighted by Crippen LogP contribution is 2.64. The van der Waals surface area contributed by atoms with Gasteiger partial charge in [0.15, 0.2) is 0 Å². The molecular formula is C27H30BrNO2. The van der Waals surface area contributed by atoms with E-state index >= 15 is 0 Å². The fraction of sp³-hybridized carbons (Fsp3) is 0.444. The monoisotopic (exact) mass is 479 g/mol. The standard InChI is InChI=1S/C27H30BrNO2/c1-15(2)17-13-18-19(14-20(17)28)26(3)11-8-12-27(4,25(30)31-5)24(26)22-16-9-6-7-10-21(16)29-23(18)22/h6-7,9-10,13-15,24,29H,8,11-12H2,1-5H3/t24-,26+,27+/m0/s1. The van der Waals surface area contributed by atoms with Gasteiger partial charge in [-0.1, -0.05) is 61.3 Å². The number of para-hydroxylation sites is 1. The maximum absolute atomic E-state index is 13.2. The van der Waals surface area contributed by atoms with Gasteiger partial charge in [-0.15, -0.1) is 0 Å². The zero-order valence-electron chi connectivity index (χ0n) is 18.9. The van der Waals surface area contributed by atoms with Crippen molar-refractivity contribution >= 4 is 32.8 Å². The van der Waals surface area contributed by atoms with Crippen molar-refractivity contribution in [2.75, 3.05) is 7.11 Å². The first kappa shape index (κ1) is 20.8. The number of H-pyrrole nitrogens is 1. The number of aromatic amines is 1. The number of esters is 1. The van der Waals surface area contributed by atoms with E-state index in [1.54, 1.807) is 0 Å². The number of benzene rings is 2. The van der Waals surface area contributed by atoms with Crippen LogP contribution in [-0.2, 0) is 14.9 Å². The van der Waals surface area contributed by atoms with Gasteiger partial charge in [-0.3, -0.25) is 4.79 Å². The fourth-order valence-electron chi connectivity index (χ4n) is 6.58. The van der Waals surface area contributed by atoms with Crippen LogP contribution in [0.5, 0.6) is 0 Å². The first-order chi connectivity index (χ1) is 14.7. The molecular weight excluding hydrogens is 450 g/mol. The Morgan fingerprint density at radius 3 is 2.65 bits per heavy atom. The average molecular weight is 480 g/mol. The van der Waals surface area contributed by atoms with Gasteiger partial charge in [-0.05, 0) is 60.6 Å².